The first-order chi connectivity index (χ1) is 9.99. The van der Waals surface area contributed by atoms with E-state index in [-0.39, 0.29) is 12.1 Å². The molecule has 0 amide bonds. The van der Waals surface area contributed by atoms with Crippen LogP contribution in [0.25, 0.3) is 0 Å². The Hall–Kier alpha value is -1.71. The highest BCUT2D eigenvalue weighted by Gasteiger charge is 2.20. The summed E-state index contributed by atoms with van der Waals surface area (Å²) < 4.78 is 6.10. The van der Waals surface area contributed by atoms with E-state index in [4.69, 9.17) is 22.1 Å². The molecule has 3 nitrogen and oxygen atoms in total. The van der Waals surface area contributed by atoms with Gasteiger partial charge in [0, 0.05) is 42.5 Å². The van der Waals surface area contributed by atoms with Crippen LogP contribution in [0.15, 0.2) is 48.5 Å². The minimum atomic E-state index is -0.281. The van der Waals surface area contributed by atoms with Gasteiger partial charge in [-0.15, -0.1) is 0 Å². The van der Waals surface area contributed by atoms with Crippen LogP contribution < -0.4 is 15.4 Å². The van der Waals surface area contributed by atoms with E-state index in [0.29, 0.717) is 5.02 Å². The predicted octanol–water partition coefficient (Wildman–Crippen LogP) is 3.87. The number of hydrogen-bond donors (Lipinski definition) is 1. The van der Waals surface area contributed by atoms with E-state index in [9.17, 15) is 0 Å². The van der Waals surface area contributed by atoms with E-state index in [2.05, 4.69) is 0 Å². The monoisotopic (exact) mass is 304 g/mol. The number of hydrogen-bond acceptors (Lipinski definition) is 3. The van der Waals surface area contributed by atoms with Crippen molar-refractivity contribution in [3.63, 3.8) is 0 Å². The first-order valence-electron chi connectivity index (χ1n) is 6.93. The lowest BCUT2D eigenvalue weighted by atomic mass is 10.0. The van der Waals surface area contributed by atoms with Gasteiger partial charge in [0.25, 0.3) is 0 Å². The van der Waals surface area contributed by atoms with Gasteiger partial charge in [-0.2, -0.15) is 0 Å². The summed E-state index contributed by atoms with van der Waals surface area (Å²) in [7, 11) is 3.99. The van der Waals surface area contributed by atoms with E-state index in [1.54, 1.807) is 0 Å². The molecule has 112 valence electrons. The Bertz CT molecular complexity index is 599. The fourth-order valence-corrected chi connectivity index (χ4v) is 2.38. The molecule has 2 atom stereocenters. The van der Waals surface area contributed by atoms with Gasteiger partial charge in [-0.1, -0.05) is 35.9 Å². The molecule has 0 spiro atoms. The Morgan fingerprint density at radius 3 is 2.43 bits per heavy atom. The number of ether oxygens (including phenoxy) is 1. The Balaban J connectivity index is 2.29. The summed E-state index contributed by atoms with van der Waals surface area (Å²) in [5.41, 5.74) is 8.07. The van der Waals surface area contributed by atoms with Crippen LogP contribution in [0, 0.1) is 0 Å². The molecule has 0 saturated carbocycles. The summed E-state index contributed by atoms with van der Waals surface area (Å²) in [5, 5.41) is 0.670. The predicted molar refractivity (Wildman–Crippen MR) is 89.2 cm³/mol. The molecule has 2 unspecified atom stereocenters. The van der Waals surface area contributed by atoms with Crippen LogP contribution >= 0.6 is 11.6 Å². The third kappa shape index (κ3) is 3.90. The molecule has 0 heterocycles. The van der Waals surface area contributed by atoms with Gasteiger partial charge in [-0.05, 0) is 25.1 Å². The average Bonchev–Trinajstić information content (AvgIpc) is 2.45. The Kier molecular flexibility index (Phi) is 5.10. The smallest absolute Gasteiger partial charge is 0.140 e. The lowest BCUT2D eigenvalue weighted by molar-refractivity contribution is 0.180. The van der Waals surface area contributed by atoms with Crippen molar-refractivity contribution in [1.82, 2.24) is 0 Å². The zero-order chi connectivity index (χ0) is 15.4. The fraction of sp³-hybridized carbons (Fsp3) is 0.294. The molecule has 0 aliphatic rings. The van der Waals surface area contributed by atoms with Gasteiger partial charge in [0.2, 0.25) is 0 Å². The Morgan fingerprint density at radius 1 is 1.10 bits per heavy atom. The lowest BCUT2D eigenvalue weighted by Crippen LogP contribution is -2.29. The third-order valence-corrected chi connectivity index (χ3v) is 3.63. The molecular weight excluding hydrogens is 284 g/mol. The van der Waals surface area contributed by atoms with E-state index in [1.807, 2.05) is 74.4 Å². The van der Waals surface area contributed by atoms with Gasteiger partial charge in [0.1, 0.15) is 11.9 Å². The highest BCUT2D eigenvalue weighted by atomic mass is 35.5. The third-order valence-electron chi connectivity index (χ3n) is 3.29. The molecule has 0 fully saturated rings. The highest BCUT2D eigenvalue weighted by Crippen LogP contribution is 2.30. The second-order valence-electron chi connectivity index (χ2n) is 5.31. The largest absolute Gasteiger partial charge is 0.484 e. The Morgan fingerprint density at radius 2 is 1.81 bits per heavy atom. The summed E-state index contributed by atoms with van der Waals surface area (Å²) in [6, 6.07) is 15.4. The average molecular weight is 305 g/mol. The van der Waals surface area contributed by atoms with Gasteiger partial charge >= 0.3 is 0 Å². The van der Waals surface area contributed by atoms with Crippen LogP contribution in [-0.4, -0.2) is 20.1 Å². The van der Waals surface area contributed by atoms with Gasteiger partial charge in [-0.3, -0.25) is 0 Å². The summed E-state index contributed by atoms with van der Waals surface area (Å²) in [4.78, 5) is 2.03. The van der Waals surface area contributed by atoms with Crippen molar-refractivity contribution in [3.05, 3.63) is 59.1 Å². The highest BCUT2D eigenvalue weighted by molar-refractivity contribution is 6.31. The zero-order valence-electron chi connectivity index (χ0n) is 12.6. The van der Waals surface area contributed by atoms with Gasteiger partial charge < -0.3 is 15.4 Å². The molecule has 2 rings (SSSR count). The van der Waals surface area contributed by atoms with E-state index < -0.39 is 0 Å². The number of rotatable bonds is 5. The number of nitrogens with zero attached hydrogens (tertiary/aromatic N) is 1. The number of nitrogens with two attached hydrogens (primary N) is 1. The standard InChI is InChI=1S/C17H21ClN2O/c1-12(19)17(15-9-4-5-10-16(15)18)21-14-8-6-7-13(11-14)20(2)3/h4-12,17H,19H2,1-3H3. The van der Waals surface area contributed by atoms with E-state index in [1.165, 1.54) is 0 Å². The van der Waals surface area contributed by atoms with E-state index in [0.717, 1.165) is 17.0 Å². The molecule has 0 radical (unpaired) electrons. The van der Waals surface area contributed by atoms with Crippen molar-refractivity contribution in [3.8, 4) is 5.75 Å². The molecule has 2 aromatic rings. The maximum Gasteiger partial charge on any atom is 0.140 e. The van der Waals surface area contributed by atoms with Crippen molar-refractivity contribution in [1.29, 1.82) is 0 Å². The van der Waals surface area contributed by atoms with Crippen LogP contribution in [0.1, 0.15) is 18.6 Å². The van der Waals surface area contributed by atoms with Gasteiger partial charge in [-0.25, -0.2) is 0 Å². The van der Waals surface area contributed by atoms with Crippen LogP contribution in [-0.2, 0) is 0 Å². The Labute approximate surface area is 131 Å². The number of halogens is 1. The first-order valence-corrected chi connectivity index (χ1v) is 7.31. The number of benzene rings is 2. The van der Waals surface area contributed by atoms with Crippen LogP contribution in [0.2, 0.25) is 5.02 Å². The molecular formula is C17H21ClN2O. The van der Waals surface area contributed by atoms with Crippen molar-refractivity contribution in [2.45, 2.75) is 19.1 Å². The van der Waals surface area contributed by atoms with E-state index >= 15 is 0 Å². The van der Waals surface area contributed by atoms with Crippen molar-refractivity contribution < 1.29 is 4.74 Å². The minimum absolute atomic E-state index is 0.173. The summed E-state index contributed by atoms with van der Waals surface area (Å²) in [6.45, 7) is 1.92. The van der Waals surface area contributed by atoms with Crippen LogP contribution in [0.4, 0.5) is 5.69 Å². The SMILES string of the molecule is CC(N)C(Oc1cccc(N(C)C)c1)c1ccccc1Cl. The lowest BCUT2D eigenvalue weighted by Gasteiger charge is -2.24. The maximum atomic E-state index is 6.27. The van der Waals surface area contributed by atoms with Gasteiger partial charge in [0.05, 0.1) is 0 Å². The molecule has 2 aromatic carbocycles. The first kappa shape index (κ1) is 15.7. The topological polar surface area (TPSA) is 38.5 Å². The van der Waals surface area contributed by atoms with Crippen molar-refractivity contribution in [2.75, 3.05) is 19.0 Å². The molecule has 2 N–H and O–H groups in total. The molecule has 0 aromatic heterocycles. The summed E-state index contributed by atoms with van der Waals surface area (Å²) in [6.07, 6.45) is -0.281. The molecule has 0 saturated heterocycles. The molecule has 4 heteroatoms. The van der Waals surface area contributed by atoms with Crippen LogP contribution in [0.3, 0.4) is 0 Å². The maximum absolute atomic E-state index is 6.27. The molecule has 0 bridgehead atoms. The second kappa shape index (κ2) is 6.83. The molecule has 0 aliphatic heterocycles. The summed E-state index contributed by atoms with van der Waals surface area (Å²) >= 11 is 6.27. The van der Waals surface area contributed by atoms with Gasteiger partial charge in [0.15, 0.2) is 0 Å². The second-order valence-corrected chi connectivity index (χ2v) is 5.72. The molecule has 0 aliphatic carbocycles. The normalized spacial score (nSPS) is 13.6. The molecule has 21 heavy (non-hydrogen) atoms. The zero-order valence-corrected chi connectivity index (χ0v) is 13.3. The van der Waals surface area contributed by atoms with Crippen LogP contribution in [0.5, 0.6) is 5.75 Å². The van der Waals surface area contributed by atoms with Crippen molar-refractivity contribution >= 4 is 17.3 Å². The quantitative estimate of drug-likeness (QED) is 0.911. The van der Waals surface area contributed by atoms with Crippen molar-refractivity contribution in [2.24, 2.45) is 5.73 Å². The summed E-state index contributed by atoms with van der Waals surface area (Å²) in [5.74, 6) is 0.781. The minimum Gasteiger partial charge on any atom is -0.484 e. The fourth-order valence-electron chi connectivity index (χ4n) is 2.14. The number of anilines is 1.